The third-order valence-electron chi connectivity index (χ3n) is 7.09. The van der Waals surface area contributed by atoms with Crippen LogP contribution in [0.5, 0.6) is 0 Å². The summed E-state index contributed by atoms with van der Waals surface area (Å²) in [5.41, 5.74) is 0. The van der Waals surface area contributed by atoms with Gasteiger partial charge in [0.1, 0.15) is 0 Å². The fourth-order valence-electron chi connectivity index (χ4n) is 5.01. The van der Waals surface area contributed by atoms with E-state index in [-0.39, 0.29) is 0 Å². The molecule has 0 bridgehead atoms. The van der Waals surface area contributed by atoms with Crippen LogP contribution in [0.3, 0.4) is 0 Å². The van der Waals surface area contributed by atoms with E-state index in [4.69, 9.17) is 13.4 Å². The first-order valence-corrected chi connectivity index (χ1v) is 18.2. The Bertz CT molecular complexity index is 417. The molecular formula is C26H58O4P2. The van der Waals surface area contributed by atoms with Crippen LogP contribution in [0.25, 0.3) is 0 Å². The Morgan fingerprint density at radius 2 is 0.781 bits per heavy atom. The van der Waals surface area contributed by atoms with Crippen LogP contribution < -0.4 is 0 Å². The zero-order valence-electron chi connectivity index (χ0n) is 22.7. The van der Waals surface area contributed by atoms with Crippen LogP contribution in [0.2, 0.25) is 0 Å². The Hall–Kier alpha value is 0.540. The van der Waals surface area contributed by atoms with Crippen molar-refractivity contribution in [2.24, 2.45) is 0 Å². The van der Waals surface area contributed by atoms with E-state index < -0.39 is 14.7 Å². The van der Waals surface area contributed by atoms with Crippen molar-refractivity contribution in [3.63, 3.8) is 0 Å². The topological polar surface area (TPSA) is 44.8 Å². The molecule has 0 saturated heterocycles. The Morgan fingerprint density at radius 1 is 0.500 bits per heavy atom. The summed E-state index contributed by atoms with van der Waals surface area (Å²) in [5.74, 6) is 0. The van der Waals surface area contributed by atoms with Crippen LogP contribution in [-0.4, -0.2) is 38.9 Å². The van der Waals surface area contributed by atoms with E-state index in [0.717, 1.165) is 24.6 Å². The van der Waals surface area contributed by atoms with Gasteiger partial charge in [-0.3, -0.25) is 0 Å². The van der Waals surface area contributed by atoms with Crippen molar-refractivity contribution in [2.75, 3.05) is 38.9 Å². The first-order chi connectivity index (χ1) is 15.4. The van der Waals surface area contributed by atoms with E-state index in [1.165, 1.54) is 117 Å². The minimum absolute atomic E-state index is 1.09. The molecule has 0 spiro atoms. The van der Waals surface area contributed by atoms with Crippen molar-refractivity contribution < 1.29 is 17.9 Å². The van der Waals surface area contributed by atoms with E-state index in [1.807, 2.05) is 0 Å². The molecule has 0 unspecified atom stereocenters. The summed E-state index contributed by atoms with van der Waals surface area (Å²) in [7, 11) is -0.564. The van der Waals surface area contributed by atoms with Gasteiger partial charge in [0.2, 0.25) is 0 Å². The average Bonchev–Trinajstić information content (AvgIpc) is 2.81. The van der Waals surface area contributed by atoms with Crippen LogP contribution in [-0.2, 0) is 17.9 Å². The molecule has 0 rings (SSSR count). The van der Waals surface area contributed by atoms with E-state index in [2.05, 4.69) is 27.7 Å². The van der Waals surface area contributed by atoms with Gasteiger partial charge >= 0.3 is 202 Å². The van der Waals surface area contributed by atoms with Crippen LogP contribution in [0.4, 0.5) is 0 Å². The molecule has 32 heavy (non-hydrogen) atoms. The first kappa shape index (κ1) is 32.5. The van der Waals surface area contributed by atoms with Crippen LogP contribution >= 0.6 is 14.7 Å². The maximum atomic E-state index is 13.5. The molecule has 0 aliphatic carbocycles. The quantitative estimate of drug-likeness (QED) is 0.0984. The Morgan fingerprint density at radius 3 is 1.00 bits per heavy atom. The fraction of sp³-hybridized carbons (Fsp3) is 1.00. The standard InChI is InChI=1S/C26H58O4P2/c1-7-11-15-19-23-32(24-20-16-12-8-2,25-21-17-13-9-3,26-22-18-14-10-4)30-31(27,28-5)29-6/h7-26H2,1-6H3. The van der Waals surface area contributed by atoms with Crippen LogP contribution in [0.1, 0.15) is 130 Å². The first-order valence-electron chi connectivity index (χ1n) is 13.8. The fourth-order valence-corrected chi connectivity index (χ4v) is 14.7. The molecule has 0 saturated carbocycles. The number of phosphoric ester groups is 1. The van der Waals surface area contributed by atoms with Crippen molar-refractivity contribution in [1.82, 2.24) is 0 Å². The third kappa shape index (κ3) is 12.9. The van der Waals surface area contributed by atoms with Crippen molar-refractivity contribution in [3.05, 3.63) is 0 Å². The van der Waals surface area contributed by atoms with E-state index in [0.29, 0.717) is 0 Å². The van der Waals surface area contributed by atoms with Gasteiger partial charge in [-0.05, 0) is 0 Å². The number of hydrogen-bond acceptors (Lipinski definition) is 4. The normalized spacial score (nSPS) is 13.9. The van der Waals surface area contributed by atoms with E-state index in [1.54, 1.807) is 0 Å². The molecule has 0 heterocycles. The second kappa shape index (κ2) is 18.8. The Balaban J connectivity index is 6.07. The van der Waals surface area contributed by atoms with Gasteiger partial charge < -0.3 is 0 Å². The van der Waals surface area contributed by atoms with Crippen molar-refractivity contribution in [1.29, 1.82) is 0 Å². The molecule has 0 amide bonds. The van der Waals surface area contributed by atoms with E-state index in [9.17, 15) is 4.57 Å². The SMILES string of the molecule is CCCCCCP(CCCCCC)(CCCCCC)(CCCCCC)OP(=O)(OC)OC. The molecule has 0 aliphatic heterocycles. The van der Waals surface area contributed by atoms with Gasteiger partial charge in [-0.25, -0.2) is 0 Å². The summed E-state index contributed by atoms with van der Waals surface area (Å²) in [5, 5.41) is 0. The Kier molecular flexibility index (Phi) is 19.1. The predicted octanol–water partition coefficient (Wildman–Crippen LogP) is 10.2. The molecule has 0 N–H and O–H groups in total. The van der Waals surface area contributed by atoms with Gasteiger partial charge in [-0.2, -0.15) is 0 Å². The summed E-state index contributed by atoms with van der Waals surface area (Å²) in [6, 6.07) is 0. The summed E-state index contributed by atoms with van der Waals surface area (Å²) in [6.07, 6.45) is 24.0. The molecule has 0 aromatic carbocycles. The zero-order valence-corrected chi connectivity index (χ0v) is 24.5. The molecule has 0 aromatic rings. The van der Waals surface area contributed by atoms with Gasteiger partial charge in [0.15, 0.2) is 0 Å². The number of unbranched alkanes of at least 4 members (excludes halogenated alkanes) is 12. The monoisotopic (exact) mass is 496 g/mol. The molecular weight excluding hydrogens is 438 g/mol. The predicted molar refractivity (Wildman–Crippen MR) is 146 cm³/mol. The molecule has 0 aromatic heterocycles. The molecule has 4 nitrogen and oxygen atoms in total. The number of phosphoric acid groups is 1. The summed E-state index contributed by atoms with van der Waals surface area (Å²) in [6.45, 7) is 6.32. The average molecular weight is 497 g/mol. The molecule has 0 radical (unpaired) electrons. The third-order valence-corrected chi connectivity index (χ3v) is 16.4. The van der Waals surface area contributed by atoms with Gasteiger partial charge in [0, 0.05) is 0 Å². The van der Waals surface area contributed by atoms with Gasteiger partial charge in [-0.1, -0.05) is 0 Å². The number of hydrogen-bond donors (Lipinski definition) is 0. The maximum absolute atomic E-state index is 13.5. The summed E-state index contributed by atoms with van der Waals surface area (Å²) < 4.78 is 31.2. The van der Waals surface area contributed by atoms with Crippen molar-refractivity contribution >= 4 is 14.7 Å². The second-order valence-corrected chi connectivity index (χ2v) is 17.7. The van der Waals surface area contributed by atoms with Gasteiger partial charge in [-0.15, -0.1) is 0 Å². The second-order valence-electron chi connectivity index (χ2n) is 9.89. The van der Waals surface area contributed by atoms with E-state index >= 15 is 0 Å². The molecule has 0 atom stereocenters. The molecule has 0 fully saturated rings. The van der Waals surface area contributed by atoms with Crippen molar-refractivity contribution in [2.45, 2.75) is 130 Å². The van der Waals surface area contributed by atoms with Gasteiger partial charge in [0.05, 0.1) is 0 Å². The summed E-state index contributed by atoms with van der Waals surface area (Å²) >= 11 is 0. The van der Waals surface area contributed by atoms with Crippen LogP contribution in [0.15, 0.2) is 0 Å². The number of rotatable bonds is 24. The molecule has 6 heteroatoms. The van der Waals surface area contributed by atoms with Crippen molar-refractivity contribution in [3.8, 4) is 0 Å². The van der Waals surface area contributed by atoms with Gasteiger partial charge in [0.25, 0.3) is 0 Å². The molecule has 196 valence electrons. The summed E-state index contributed by atoms with van der Waals surface area (Å²) in [4.78, 5) is 0. The molecule has 0 aliphatic rings. The van der Waals surface area contributed by atoms with Crippen LogP contribution in [0, 0.1) is 0 Å². The zero-order chi connectivity index (χ0) is 24.2. The minimum atomic E-state index is -3.53. The Labute approximate surface area is 202 Å².